The lowest BCUT2D eigenvalue weighted by atomic mass is 10.0. The van der Waals surface area contributed by atoms with E-state index in [4.69, 9.17) is 0 Å². The third-order valence-electron chi connectivity index (χ3n) is 4.70. The number of amides is 1. The highest BCUT2D eigenvalue weighted by atomic mass is 32.2. The molecule has 0 bridgehead atoms. The summed E-state index contributed by atoms with van der Waals surface area (Å²) in [4.78, 5) is 16.6. The minimum absolute atomic E-state index is 0.00716. The Morgan fingerprint density at radius 3 is 2.73 bits per heavy atom. The van der Waals surface area contributed by atoms with Crippen LogP contribution < -0.4 is 5.32 Å². The summed E-state index contributed by atoms with van der Waals surface area (Å²) >= 11 is 1.20. The van der Waals surface area contributed by atoms with Crippen LogP contribution >= 0.6 is 11.8 Å². The van der Waals surface area contributed by atoms with Crippen molar-refractivity contribution in [3.63, 3.8) is 0 Å². The SMILES string of the molecule is Cc1ccc(-c2cc3c(SCC(=O)Nc4cc(F)ccc4F)nccn3n2)cc1C. The fourth-order valence-corrected chi connectivity index (χ4v) is 3.74. The molecule has 2 aromatic heterocycles. The first-order valence-electron chi connectivity index (χ1n) is 9.20. The number of hydrogen-bond donors (Lipinski definition) is 1. The van der Waals surface area contributed by atoms with Crippen LogP contribution in [0, 0.1) is 25.5 Å². The smallest absolute Gasteiger partial charge is 0.234 e. The van der Waals surface area contributed by atoms with Crippen molar-refractivity contribution in [2.24, 2.45) is 0 Å². The van der Waals surface area contributed by atoms with Crippen LogP contribution in [0.3, 0.4) is 0 Å². The quantitative estimate of drug-likeness (QED) is 0.457. The number of anilines is 1. The molecule has 152 valence electrons. The lowest BCUT2D eigenvalue weighted by Gasteiger charge is -2.06. The van der Waals surface area contributed by atoms with Crippen LogP contribution in [0.25, 0.3) is 16.8 Å². The van der Waals surface area contributed by atoms with E-state index in [2.05, 4.69) is 41.4 Å². The van der Waals surface area contributed by atoms with Gasteiger partial charge in [0.05, 0.1) is 22.7 Å². The topological polar surface area (TPSA) is 59.3 Å². The van der Waals surface area contributed by atoms with Crippen LogP contribution in [0.15, 0.2) is 59.9 Å². The molecule has 4 rings (SSSR count). The molecule has 8 heteroatoms. The maximum Gasteiger partial charge on any atom is 0.234 e. The molecule has 30 heavy (non-hydrogen) atoms. The lowest BCUT2D eigenvalue weighted by Crippen LogP contribution is -2.15. The number of nitrogens with one attached hydrogen (secondary N) is 1. The van der Waals surface area contributed by atoms with Gasteiger partial charge in [-0.05, 0) is 49.2 Å². The Bertz CT molecular complexity index is 1260. The van der Waals surface area contributed by atoms with Crippen LogP contribution in [0.2, 0.25) is 0 Å². The molecule has 0 spiro atoms. The summed E-state index contributed by atoms with van der Waals surface area (Å²) in [6.07, 6.45) is 3.35. The Morgan fingerprint density at radius 1 is 1.10 bits per heavy atom. The maximum atomic E-state index is 13.7. The number of halogens is 2. The predicted molar refractivity (Wildman–Crippen MR) is 114 cm³/mol. The van der Waals surface area contributed by atoms with E-state index < -0.39 is 17.5 Å². The second kappa shape index (κ2) is 8.23. The molecular weight excluding hydrogens is 406 g/mol. The van der Waals surface area contributed by atoms with Gasteiger partial charge >= 0.3 is 0 Å². The molecule has 0 radical (unpaired) electrons. The number of hydrogen-bond acceptors (Lipinski definition) is 4. The van der Waals surface area contributed by atoms with Crippen molar-refractivity contribution < 1.29 is 13.6 Å². The molecule has 0 saturated carbocycles. The van der Waals surface area contributed by atoms with E-state index in [1.165, 1.54) is 22.9 Å². The third kappa shape index (κ3) is 4.18. The average Bonchev–Trinajstić information content (AvgIpc) is 3.16. The molecule has 0 aliphatic carbocycles. The molecule has 0 saturated heterocycles. The van der Waals surface area contributed by atoms with Gasteiger partial charge in [0.1, 0.15) is 16.7 Å². The van der Waals surface area contributed by atoms with Crippen LogP contribution in [-0.4, -0.2) is 26.3 Å². The number of nitrogens with zero attached hydrogens (tertiary/aromatic N) is 3. The van der Waals surface area contributed by atoms with Gasteiger partial charge in [-0.3, -0.25) is 4.79 Å². The largest absolute Gasteiger partial charge is 0.323 e. The van der Waals surface area contributed by atoms with Crippen LogP contribution in [0.1, 0.15) is 11.1 Å². The van der Waals surface area contributed by atoms with Gasteiger partial charge in [0.25, 0.3) is 0 Å². The summed E-state index contributed by atoms with van der Waals surface area (Å²) in [5.74, 6) is -1.78. The summed E-state index contributed by atoms with van der Waals surface area (Å²) in [5, 5.41) is 7.61. The van der Waals surface area contributed by atoms with Crippen molar-refractivity contribution in [3.8, 4) is 11.3 Å². The number of aryl methyl sites for hydroxylation is 2. The highest BCUT2D eigenvalue weighted by molar-refractivity contribution is 8.00. The van der Waals surface area contributed by atoms with Crippen molar-refractivity contribution in [2.75, 3.05) is 11.1 Å². The van der Waals surface area contributed by atoms with Crippen molar-refractivity contribution in [3.05, 3.63) is 77.6 Å². The lowest BCUT2D eigenvalue weighted by molar-refractivity contribution is -0.113. The number of thioether (sulfide) groups is 1. The fourth-order valence-electron chi connectivity index (χ4n) is 2.96. The molecule has 0 atom stereocenters. The van der Waals surface area contributed by atoms with Crippen LogP contribution in [0.5, 0.6) is 0 Å². The zero-order chi connectivity index (χ0) is 21.3. The maximum absolute atomic E-state index is 13.7. The summed E-state index contributed by atoms with van der Waals surface area (Å²) in [7, 11) is 0. The van der Waals surface area contributed by atoms with E-state index in [1.807, 2.05) is 12.1 Å². The van der Waals surface area contributed by atoms with E-state index in [1.54, 1.807) is 16.9 Å². The van der Waals surface area contributed by atoms with E-state index in [9.17, 15) is 13.6 Å². The molecule has 0 fully saturated rings. The van der Waals surface area contributed by atoms with Crippen molar-refractivity contribution >= 4 is 28.9 Å². The number of carbonyl (C=O) groups excluding carboxylic acids is 1. The molecule has 1 N–H and O–H groups in total. The molecule has 5 nitrogen and oxygen atoms in total. The van der Waals surface area contributed by atoms with Gasteiger partial charge in [-0.2, -0.15) is 5.10 Å². The molecule has 2 aromatic carbocycles. The Hall–Kier alpha value is -3.26. The molecular formula is C22H18F2N4OS. The molecule has 0 aliphatic rings. The zero-order valence-electron chi connectivity index (χ0n) is 16.3. The Morgan fingerprint density at radius 2 is 1.93 bits per heavy atom. The molecule has 0 aliphatic heterocycles. The predicted octanol–water partition coefficient (Wildman–Crippen LogP) is 5.02. The first-order chi connectivity index (χ1) is 14.4. The minimum atomic E-state index is -0.691. The highest BCUT2D eigenvalue weighted by Gasteiger charge is 2.13. The third-order valence-corrected chi connectivity index (χ3v) is 5.69. The summed E-state index contributed by atoms with van der Waals surface area (Å²) in [5.41, 5.74) is 4.77. The zero-order valence-corrected chi connectivity index (χ0v) is 17.1. The van der Waals surface area contributed by atoms with Gasteiger partial charge in [0.2, 0.25) is 5.91 Å². The first-order valence-corrected chi connectivity index (χ1v) is 10.2. The average molecular weight is 424 g/mol. The van der Waals surface area contributed by atoms with E-state index in [-0.39, 0.29) is 11.4 Å². The van der Waals surface area contributed by atoms with Crippen molar-refractivity contribution in [1.29, 1.82) is 0 Å². The van der Waals surface area contributed by atoms with Gasteiger partial charge in [-0.1, -0.05) is 23.9 Å². The second-order valence-corrected chi connectivity index (χ2v) is 7.82. The van der Waals surface area contributed by atoms with Crippen molar-refractivity contribution in [2.45, 2.75) is 18.9 Å². The van der Waals surface area contributed by atoms with Gasteiger partial charge in [-0.15, -0.1) is 0 Å². The molecule has 1 amide bonds. The van der Waals surface area contributed by atoms with E-state index in [0.29, 0.717) is 5.03 Å². The van der Waals surface area contributed by atoms with Crippen molar-refractivity contribution in [1.82, 2.24) is 14.6 Å². The summed E-state index contributed by atoms with van der Waals surface area (Å²) in [6, 6.07) is 11.0. The number of benzene rings is 2. The van der Waals surface area contributed by atoms with Gasteiger partial charge in [-0.25, -0.2) is 18.3 Å². The van der Waals surface area contributed by atoms with Crippen LogP contribution in [-0.2, 0) is 4.79 Å². The van der Waals surface area contributed by atoms with Crippen LogP contribution in [0.4, 0.5) is 14.5 Å². The Kier molecular flexibility index (Phi) is 5.50. The molecule has 2 heterocycles. The van der Waals surface area contributed by atoms with Gasteiger partial charge in [0, 0.05) is 24.0 Å². The second-order valence-electron chi connectivity index (χ2n) is 6.85. The number of rotatable bonds is 5. The summed E-state index contributed by atoms with van der Waals surface area (Å²) < 4.78 is 28.7. The minimum Gasteiger partial charge on any atom is -0.323 e. The summed E-state index contributed by atoms with van der Waals surface area (Å²) in [6.45, 7) is 4.11. The standard InChI is InChI=1S/C22H18F2N4OS/c1-13-3-4-15(9-14(13)2)18-11-20-22(25-7-8-28(20)27-18)30-12-21(29)26-19-10-16(23)5-6-17(19)24/h3-11H,12H2,1-2H3,(H,26,29). The molecule has 4 aromatic rings. The van der Waals surface area contributed by atoms with E-state index >= 15 is 0 Å². The number of aromatic nitrogens is 3. The van der Waals surface area contributed by atoms with Gasteiger partial charge in [0.15, 0.2) is 0 Å². The number of fused-ring (bicyclic) bond motifs is 1. The highest BCUT2D eigenvalue weighted by Crippen LogP contribution is 2.27. The first kappa shape index (κ1) is 20.0. The fraction of sp³-hybridized carbons (Fsp3) is 0.136. The monoisotopic (exact) mass is 424 g/mol. The van der Waals surface area contributed by atoms with Gasteiger partial charge < -0.3 is 5.32 Å². The normalized spacial score (nSPS) is 11.1. The van der Waals surface area contributed by atoms with E-state index in [0.717, 1.165) is 35.0 Å². The number of carbonyl (C=O) groups is 1. The molecule has 0 unspecified atom stereocenters. The Labute approximate surface area is 176 Å². The Balaban J connectivity index is 1.53.